The lowest BCUT2D eigenvalue weighted by Crippen LogP contribution is -2.32. The maximum atomic E-state index is 11.4. The van der Waals surface area contributed by atoms with Gasteiger partial charge in [-0.25, -0.2) is 0 Å². The number of hydrogen-bond acceptors (Lipinski definition) is 3. The molecule has 0 aliphatic carbocycles. The van der Waals surface area contributed by atoms with Gasteiger partial charge < -0.3 is 9.47 Å². The molecule has 0 saturated carbocycles. The fourth-order valence-electron chi connectivity index (χ4n) is 1.80. The molecule has 3 heteroatoms. The summed E-state index contributed by atoms with van der Waals surface area (Å²) in [5, 5.41) is 0. The van der Waals surface area contributed by atoms with Gasteiger partial charge in [-0.05, 0) is 19.8 Å². The van der Waals surface area contributed by atoms with Crippen molar-refractivity contribution in [1.82, 2.24) is 0 Å². The normalized spacial score (nSPS) is 23.0. The van der Waals surface area contributed by atoms with Crippen LogP contribution in [0.15, 0.2) is 12.2 Å². The first-order valence-electron chi connectivity index (χ1n) is 7.43. The Kier molecular flexibility index (Phi) is 13.2. The smallest absolute Gasteiger partial charge is 0.308 e. The molecule has 0 amide bonds. The summed E-state index contributed by atoms with van der Waals surface area (Å²) in [6.45, 7) is 15.7. The van der Waals surface area contributed by atoms with E-state index in [1.165, 1.54) is 0 Å². The summed E-state index contributed by atoms with van der Waals surface area (Å²) in [4.78, 5) is 11.4. The topological polar surface area (TPSA) is 35.5 Å². The van der Waals surface area contributed by atoms with Crippen LogP contribution >= 0.6 is 0 Å². The first-order chi connectivity index (χ1) is 9.04. The molecule has 0 N–H and O–H groups in total. The lowest BCUT2D eigenvalue weighted by molar-refractivity contribution is -0.161. The predicted molar refractivity (Wildman–Crippen MR) is 81.2 cm³/mol. The number of methoxy groups -OCH3 is 1. The Morgan fingerprint density at radius 1 is 1.37 bits per heavy atom. The Hall–Kier alpha value is -0.830. The molecular weight excluding hydrogens is 240 g/mol. The Bertz CT molecular complexity index is 248. The van der Waals surface area contributed by atoms with Crippen molar-refractivity contribution in [3.05, 3.63) is 12.2 Å². The molecule has 1 fully saturated rings. The van der Waals surface area contributed by atoms with E-state index in [9.17, 15) is 4.79 Å². The summed E-state index contributed by atoms with van der Waals surface area (Å²) in [6, 6.07) is 0. The Morgan fingerprint density at radius 3 is 2.26 bits per heavy atom. The highest BCUT2D eigenvalue weighted by molar-refractivity contribution is 5.72. The van der Waals surface area contributed by atoms with Crippen molar-refractivity contribution in [2.45, 2.75) is 73.0 Å². The predicted octanol–water partition coefficient (Wildman–Crippen LogP) is 4.36. The van der Waals surface area contributed by atoms with Gasteiger partial charge in [-0.15, -0.1) is 0 Å². The molecule has 0 spiro atoms. The Morgan fingerprint density at radius 2 is 1.89 bits per heavy atom. The largest absolute Gasteiger partial charge is 0.462 e. The number of hydrogen-bond donors (Lipinski definition) is 0. The van der Waals surface area contributed by atoms with Crippen LogP contribution < -0.4 is 0 Å². The second kappa shape index (κ2) is 12.2. The van der Waals surface area contributed by atoms with Gasteiger partial charge >= 0.3 is 5.97 Å². The molecule has 3 nitrogen and oxygen atoms in total. The zero-order chi connectivity index (χ0) is 15.4. The molecule has 1 aliphatic heterocycles. The van der Waals surface area contributed by atoms with Gasteiger partial charge in [0.25, 0.3) is 0 Å². The molecule has 1 saturated heterocycles. The van der Waals surface area contributed by atoms with Gasteiger partial charge in [0.1, 0.15) is 6.10 Å². The van der Waals surface area contributed by atoms with Crippen LogP contribution in [0.25, 0.3) is 0 Å². The van der Waals surface area contributed by atoms with E-state index < -0.39 is 0 Å². The average Bonchev–Trinajstić information content (AvgIpc) is 2.44. The monoisotopic (exact) mass is 272 g/mol. The van der Waals surface area contributed by atoms with E-state index in [0.717, 1.165) is 24.8 Å². The number of cyclic esters (lactones) is 1. The summed E-state index contributed by atoms with van der Waals surface area (Å²) in [5.74, 6) is -0.0325. The third-order valence-electron chi connectivity index (χ3n) is 2.92. The second-order valence-corrected chi connectivity index (χ2v) is 4.34. The molecule has 3 atom stereocenters. The quantitative estimate of drug-likeness (QED) is 0.563. The van der Waals surface area contributed by atoms with E-state index in [0.29, 0.717) is 0 Å². The van der Waals surface area contributed by atoms with Crippen molar-refractivity contribution in [3.63, 3.8) is 0 Å². The molecule has 0 unspecified atom stereocenters. The van der Waals surface area contributed by atoms with Crippen LogP contribution in [0.3, 0.4) is 0 Å². The second-order valence-electron chi connectivity index (χ2n) is 4.34. The molecule has 1 heterocycles. The number of carbonyl (C=O) groups excluding carboxylic acids is 1. The van der Waals surface area contributed by atoms with Crippen LogP contribution in [-0.4, -0.2) is 25.3 Å². The third-order valence-corrected chi connectivity index (χ3v) is 2.92. The standard InChI is InChI=1S/C12H20O3.2C2H6/c1-8(2)11(14-4)7-10-6-5-9(3)12(13)15-10;2*1-2/h9-11H,1,5-7H2,2-4H3;2*1-2H3/t9-,10+,11+;;/m1../s1. The Labute approximate surface area is 119 Å². The highest BCUT2D eigenvalue weighted by atomic mass is 16.5. The number of rotatable bonds is 4. The maximum absolute atomic E-state index is 11.4. The maximum Gasteiger partial charge on any atom is 0.308 e. The van der Waals surface area contributed by atoms with Crippen LogP contribution in [0.1, 0.15) is 60.8 Å². The van der Waals surface area contributed by atoms with Gasteiger partial charge in [0, 0.05) is 13.5 Å². The molecule has 0 aromatic rings. The van der Waals surface area contributed by atoms with Crippen LogP contribution in [0.4, 0.5) is 0 Å². The van der Waals surface area contributed by atoms with Crippen molar-refractivity contribution in [3.8, 4) is 0 Å². The summed E-state index contributed by atoms with van der Waals surface area (Å²) in [5.41, 5.74) is 0.979. The number of ether oxygens (including phenoxy) is 2. The van der Waals surface area contributed by atoms with Crippen molar-refractivity contribution in [2.75, 3.05) is 7.11 Å². The zero-order valence-corrected chi connectivity index (χ0v) is 13.8. The van der Waals surface area contributed by atoms with E-state index in [1.54, 1.807) is 7.11 Å². The molecular formula is C16H32O3. The highest BCUT2D eigenvalue weighted by Crippen LogP contribution is 2.24. The number of esters is 1. The fourth-order valence-corrected chi connectivity index (χ4v) is 1.80. The lowest BCUT2D eigenvalue weighted by atomic mass is 9.95. The van der Waals surface area contributed by atoms with Crippen molar-refractivity contribution < 1.29 is 14.3 Å². The SMILES string of the molecule is C=C(C)[C@H](C[C@@H]1CC[C@@H](C)C(=O)O1)OC.CC.CC. The van der Waals surface area contributed by atoms with Crippen molar-refractivity contribution in [2.24, 2.45) is 5.92 Å². The molecule has 1 aliphatic rings. The van der Waals surface area contributed by atoms with E-state index >= 15 is 0 Å². The van der Waals surface area contributed by atoms with E-state index in [2.05, 4.69) is 6.58 Å². The van der Waals surface area contributed by atoms with Crippen molar-refractivity contribution >= 4 is 5.97 Å². The summed E-state index contributed by atoms with van der Waals surface area (Å²) >= 11 is 0. The first kappa shape index (κ1) is 20.5. The molecule has 114 valence electrons. The van der Waals surface area contributed by atoms with Gasteiger partial charge in [-0.2, -0.15) is 0 Å². The Balaban J connectivity index is 0. The lowest BCUT2D eigenvalue weighted by Gasteiger charge is -2.28. The van der Waals surface area contributed by atoms with Gasteiger partial charge in [0.15, 0.2) is 0 Å². The summed E-state index contributed by atoms with van der Waals surface area (Å²) in [7, 11) is 1.66. The molecule has 1 rings (SSSR count). The minimum Gasteiger partial charge on any atom is -0.462 e. The molecule has 0 aromatic carbocycles. The summed E-state index contributed by atoms with van der Waals surface area (Å²) < 4.78 is 10.6. The van der Waals surface area contributed by atoms with Crippen LogP contribution in [0.2, 0.25) is 0 Å². The van der Waals surface area contributed by atoms with Crippen LogP contribution in [0.5, 0.6) is 0 Å². The van der Waals surface area contributed by atoms with E-state index in [1.807, 2.05) is 41.5 Å². The molecule has 0 bridgehead atoms. The minimum absolute atomic E-state index is 0.00351. The van der Waals surface area contributed by atoms with E-state index in [4.69, 9.17) is 9.47 Å². The third kappa shape index (κ3) is 8.04. The first-order valence-corrected chi connectivity index (χ1v) is 7.43. The highest BCUT2D eigenvalue weighted by Gasteiger charge is 2.28. The van der Waals surface area contributed by atoms with Crippen LogP contribution in [-0.2, 0) is 14.3 Å². The van der Waals surface area contributed by atoms with Crippen molar-refractivity contribution in [1.29, 1.82) is 0 Å². The van der Waals surface area contributed by atoms with Gasteiger partial charge in [0.05, 0.1) is 12.0 Å². The minimum atomic E-state index is -0.0807. The number of carbonyl (C=O) groups is 1. The van der Waals surface area contributed by atoms with Crippen LogP contribution in [0, 0.1) is 5.92 Å². The zero-order valence-electron chi connectivity index (χ0n) is 13.8. The molecule has 0 radical (unpaired) electrons. The molecule has 19 heavy (non-hydrogen) atoms. The van der Waals surface area contributed by atoms with Gasteiger partial charge in [-0.1, -0.05) is 46.8 Å². The fraction of sp³-hybridized carbons (Fsp3) is 0.812. The van der Waals surface area contributed by atoms with Gasteiger partial charge in [-0.3, -0.25) is 4.79 Å². The summed E-state index contributed by atoms with van der Waals surface area (Å²) in [6.07, 6.45) is 2.56. The van der Waals surface area contributed by atoms with Gasteiger partial charge in [0.2, 0.25) is 0 Å². The molecule has 0 aromatic heterocycles. The van der Waals surface area contributed by atoms with E-state index in [-0.39, 0.29) is 24.1 Å². The average molecular weight is 272 g/mol.